The Morgan fingerprint density at radius 2 is 1.48 bits per heavy atom. The van der Waals surface area contributed by atoms with Crippen molar-refractivity contribution in [3.05, 3.63) is 52.1 Å². The summed E-state index contributed by atoms with van der Waals surface area (Å²) in [5, 5.41) is 4.99. The maximum atomic E-state index is 12.2. The smallest absolute Gasteiger partial charge is 0.261 e. The molecule has 0 spiro atoms. The van der Waals surface area contributed by atoms with Gasteiger partial charge in [-0.25, -0.2) is 22.0 Å². The average molecular weight is 438 g/mol. The molecule has 0 aromatic heterocycles. The Labute approximate surface area is 136 Å². The summed E-state index contributed by atoms with van der Waals surface area (Å²) in [7, 11) is -7.84. The zero-order valence-corrected chi connectivity index (χ0v) is 14.3. The first-order valence-corrected chi connectivity index (χ1v) is 9.70. The Hall–Kier alpha value is -1.17. The molecular formula is C12H11IN2O4S2. The van der Waals surface area contributed by atoms with Crippen LogP contribution in [0.15, 0.2) is 58.3 Å². The van der Waals surface area contributed by atoms with Crippen LogP contribution in [-0.4, -0.2) is 16.8 Å². The first kappa shape index (κ1) is 16.2. The van der Waals surface area contributed by atoms with Gasteiger partial charge in [-0.2, -0.15) is 0 Å². The van der Waals surface area contributed by atoms with E-state index in [0.29, 0.717) is 5.69 Å². The van der Waals surface area contributed by atoms with Gasteiger partial charge in [0.25, 0.3) is 10.0 Å². The van der Waals surface area contributed by atoms with Gasteiger partial charge in [-0.1, -0.05) is 6.07 Å². The zero-order chi connectivity index (χ0) is 15.7. The number of hydrogen-bond acceptors (Lipinski definition) is 4. The molecule has 0 atom stereocenters. The predicted octanol–water partition coefficient (Wildman–Crippen LogP) is 1.74. The number of anilines is 1. The van der Waals surface area contributed by atoms with Crippen LogP contribution in [0.5, 0.6) is 0 Å². The van der Waals surface area contributed by atoms with Gasteiger partial charge in [0, 0.05) is 9.26 Å². The minimum atomic E-state index is -3.96. The minimum Gasteiger partial charge on any atom is -0.280 e. The summed E-state index contributed by atoms with van der Waals surface area (Å²) in [6, 6.07) is 11.6. The van der Waals surface area contributed by atoms with Crippen LogP contribution in [0, 0.1) is 3.57 Å². The molecular weight excluding hydrogens is 427 g/mol. The first-order valence-electron chi connectivity index (χ1n) is 5.60. The molecule has 6 nitrogen and oxygen atoms in total. The van der Waals surface area contributed by atoms with Gasteiger partial charge in [0.1, 0.15) is 0 Å². The third-order valence-corrected chi connectivity index (χ3v) is 5.55. The van der Waals surface area contributed by atoms with Crippen molar-refractivity contribution in [3.8, 4) is 0 Å². The summed E-state index contributed by atoms with van der Waals surface area (Å²) in [5.74, 6) is 0. The average Bonchev–Trinajstić information content (AvgIpc) is 2.40. The molecule has 0 heterocycles. The highest BCUT2D eigenvalue weighted by molar-refractivity contribution is 14.1. The summed E-state index contributed by atoms with van der Waals surface area (Å²) in [6.07, 6.45) is 0. The fraction of sp³-hybridized carbons (Fsp3) is 0. The standard InChI is InChI=1S/C12H11IN2O4S2/c13-9-4-6-10(7-5-9)15-21(18,19)12-3-1-2-11(8-12)20(14,16)17/h1-8,15H,(H2,14,16,17). The number of hydrogen-bond donors (Lipinski definition) is 2. The summed E-state index contributed by atoms with van der Waals surface area (Å²) in [4.78, 5) is -0.430. The molecule has 0 bridgehead atoms. The van der Waals surface area contributed by atoms with Crippen LogP contribution in [0.3, 0.4) is 0 Å². The fourth-order valence-electron chi connectivity index (χ4n) is 1.55. The largest absolute Gasteiger partial charge is 0.280 e. The van der Waals surface area contributed by atoms with E-state index in [1.165, 1.54) is 18.2 Å². The van der Waals surface area contributed by atoms with E-state index in [2.05, 4.69) is 27.3 Å². The first-order chi connectivity index (χ1) is 9.68. The Morgan fingerprint density at radius 3 is 2.05 bits per heavy atom. The molecule has 0 saturated heterocycles. The second-order valence-electron chi connectivity index (χ2n) is 4.13. The van der Waals surface area contributed by atoms with E-state index < -0.39 is 20.0 Å². The lowest BCUT2D eigenvalue weighted by atomic mass is 10.3. The minimum absolute atomic E-state index is 0.174. The molecule has 2 aromatic carbocycles. The van der Waals surface area contributed by atoms with Crippen LogP contribution in [0.2, 0.25) is 0 Å². The van der Waals surface area contributed by atoms with E-state index in [1.807, 2.05) is 0 Å². The lowest BCUT2D eigenvalue weighted by Crippen LogP contribution is -2.16. The van der Waals surface area contributed by atoms with Crippen LogP contribution in [0.4, 0.5) is 5.69 Å². The normalized spacial score (nSPS) is 12.1. The van der Waals surface area contributed by atoms with Crippen molar-refractivity contribution in [3.63, 3.8) is 0 Å². The Kier molecular flexibility index (Phi) is 4.56. The third-order valence-electron chi connectivity index (χ3n) is 2.54. The number of rotatable bonds is 4. The van der Waals surface area contributed by atoms with E-state index in [4.69, 9.17) is 5.14 Å². The molecule has 0 aliphatic rings. The Morgan fingerprint density at radius 1 is 0.905 bits per heavy atom. The highest BCUT2D eigenvalue weighted by Gasteiger charge is 2.17. The molecule has 0 saturated carbocycles. The summed E-state index contributed by atoms with van der Waals surface area (Å²) >= 11 is 2.10. The SMILES string of the molecule is NS(=O)(=O)c1cccc(S(=O)(=O)Nc2ccc(I)cc2)c1. The van der Waals surface area contributed by atoms with Gasteiger partial charge in [0.2, 0.25) is 10.0 Å². The fourth-order valence-corrected chi connectivity index (χ4v) is 3.65. The number of primary sulfonamides is 1. The van der Waals surface area contributed by atoms with Gasteiger partial charge in [0.15, 0.2) is 0 Å². The molecule has 0 fully saturated rings. The molecule has 0 radical (unpaired) electrons. The maximum absolute atomic E-state index is 12.2. The van der Waals surface area contributed by atoms with Gasteiger partial charge in [-0.05, 0) is 65.1 Å². The third kappa shape index (κ3) is 4.15. The van der Waals surface area contributed by atoms with Crippen molar-refractivity contribution in [2.24, 2.45) is 5.14 Å². The molecule has 9 heteroatoms. The van der Waals surface area contributed by atoms with E-state index in [9.17, 15) is 16.8 Å². The monoisotopic (exact) mass is 438 g/mol. The number of nitrogens with two attached hydrogens (primary N) is 1. The van der Waals surface area contributed by atoms with Crippen LogP contribution < -0.4 is 9.86 Å². The Balaban J connectivity index is 2.38. The van der Waals surface area contributed by atoms with E-state index in [-0.39, 0.29) is 9.79 Å². The van der Waals surface area contributed by atoms with Crippen LogP contribution in [0.25, 0.3) is 0 Å². The second kappa shape index (κ2) is 5.91. The van der Waals surface area contributed by atoms with Gasteiger partial charge >= 0.3 is 0 Å². The molecule has 0 aliphatic carbocycles. The van der Waals surface area contributed by atoms with Crippen LogP contribution >= 0.6 is 22.6 Å². The molecule has 112 valence electrons. The van der Waals surface area contributed by atoms with Crippen molar-refractivity contribution < 1.29 is 16.8 Å². The second-order valence-corrected chi connectivity index (χ2v) is 8.62. The maximum Gasteiger partial charge on any atom is 0.261 e. The lowest BCUT2D eigenvalue weighted by Gasteiger charge is -2.09. The number of benzene rings is 2. The lowest BCUT2D eigenvalue weighted by molar-refractivity contribution is 0.597. The van der Waals surface area contributed by atoms with Gasteiger partial charge in [-0.15, -0.1) is 0 Å². The van der Waals surface area contributed by atoms with Crippen LogP contribution in [-0.2, 0) is 20.0 Å². The molecule has 0 amide bonds. The molecule has 3 N–H and O–H groups in total. The summed E-state index contributed by atoms with van der Waals surface area (Å²) in [5.41, 5.74) is 0.386. The quantitative estimate of drug-likeness (QED) is 0.710. The summed E-state index contributed by atoms with van der Waals surface area (Å²) in [6.45, 7) is 0. The predicted molar refractivity (Wildman–Crippen MR) is 87.8 cm³/mol. The van der Waals surface area contributed by atoms with E-state index in [1.54, 1.807) is 24.3 Å². The number of sulfonamides is 2. The van der Waals surface area contributed by atoms with E-state index in [0.717, 1.165) is 9.64 Å². The zero-order valence-electron chi connectivity index (χ0n) is 10.5. The molecule has 0 aliphatic heterocycles. The summed E-state index contributed by atoms with van der Waals surface area (Å²) < 4.78 is 50.3. The molecule has 21 heavy (non-hydrogen) atoms. The molecule has 2 rings (SSSR count). The van der Waals surface area contributed by atoms with Crippen molar-refractivity contribution >= 4 is 48.3 Å². The van der Waals surface area contributed by atoms with Crippen molar-refractivity contribution in [1.29, 1.82) is 0 Å². The van der Waals surface area contributed by atoms with Crippen LogP contribution in [0.1, 0.15) is 0 Å². The van der Waals surface area contributed by atoms with Crippen molar-refractivity contribution in [1.82, 2.24) is 0 Å². The van der Waals surface area contributed by atoms with Gasteiger partial charge in [0.05, 0.1) is 9.79 Å². The number of nitrogens with one attached hydrogen (secondary N) is 1. The van der Waals surface area contributed by atoms with Crippen molar-refractivity contribution in [2.75, 3.05) is 4.72 Å². The van der Waals surface area contributed by atoms with Gasteiger partial charge in [-0.3, -0.25) is 4.72 Å². The Bertz CT molecular complexity index is 862. The highest BCUT2D eigenvalue weighted by atomic mass is 127. The topological polar surface area (TPSA) is 106 Å². The highest BCUT2D eigenvalue weighted by Crippen LogP contribution is 2.19. The van der Waals surface area contributed by atoms with Crippen molar-refractivity contribution in [2.45, 2.75) is 9.79 Å². The molecule has 0 unspecified atom stereocenters. The number of halogens is 1. The van der Waals surface area contributed by atoms with Gasteiger partial charge < -0.3 is 0 Å². The van der Waals surface area contributed by atoms with E-state index >= 15 is 0 Å². The molecule has 2 aromatic rings.